The van der Waals surface area contributed by atoms with E-state index in [4.69, 9.17) is 0 Å². The Bertz CT molecular complexity index is 474. The lowest BCUT2D eigenvalue weighted by Gasteiger charge is -2.24. The molecular weight excluding hydrogens is 286 g/mol. The summed E-state index contributed by atoms with van der Waals surface area (Å²) in [5.41, 5.74) is 1.25. The van der Waals surface area contributed by atoms with Crippen molar-refractivity contribution in [3.63, 3.8) is 0 Å². The number of aliphatic imine (C=N–C) groups is 1. The maximum absolute atomic E-state index is 4.33. The highest BCUT2D eigenvalue weighted by Gasteiger charge is 2.14. The number of hydrogen-bond donors (Lipinski definition) is 2. The number of nitrogens with zero attached hydrogens (tertiary/aromatic N) is 3. The number of hydrogen-bond acceptors (Lipinski definition) is 2. The normalized spacial score (nSPS) is 18.0. The molecule has 1 fully saturated rings. The molecule has 0 spiro atoms. The number of aromatic nitrogens is 2. The molecule has 1 aromatic heterocycles. The molecule has 1 aromatic rings. The predicted molar refractivity (Wildman–Crippen MR) is 96.7 cm³/mol. The third kappa shape index (κ3) is 6.63. The molecule has 1 aliphatic carbocycles. The van der Waals surface area contributed by atoms with Crippen LogP contribution in [0.2, 0.25) is 0 Å². The first-order chi connectivity index (χ1) is 11.2. The van der Waals surface area contributed by atoms with Gasteiger partial charge in [0, 0.05) is 32.9 Å². The van der Waals surface area contributed by atoms with Crippen molar-refractivity contribution >= 4 is 5.96 Å². The summed E-state index contributed by atoms with van der Waals surface area (Å²) in [6.07, 6.45) is 14.7. The molecule has 0 aromatic carbocycles. The number of nitrogens with one attached hydrogen (secondary N) is 2. The van der Waals surface area contributed by atoms with Crippen molar-refractivity contribution in [2.24, 2.45) is 18.0 Å². The van der Waals surface area contributed by atoms with E-state index in [2.05, 4.69) is 33.8 Å². The van der Waals surface area contributed by atoms with E-state index in [1.807, 2.05) is 25.0 Å². The lowest BCUT2D eigenvalue weighted by molar-refractivity contribution is 0.322. The van der Waals surface area contributed by atoms with Crippen molar-refractivity contribution in [3.8, 4) is 0 Å². The smallest absolute Gasteiger partial charge is 0.191 e. The fraction of sp³-hybridized carbons (Fsp3) is 0.778. The third-order valence-electron chi connectivity index (χ3n) is 4.80. The Morgan fingerprint density at radius 2 is 2.17 bits per heavy atom. The van der Waals surface area contributed by atoms with Gasteiger partial charge in [-0.2, -0.15) is 5.10 Å². The van der Waals surface area contributed by atoms with Crippen LogP contribution in [0.1, 0.15) is 57.4 Å². The van der Waals surface area contributed by atoms with E-state index in [0.29, 0.717) is 6.04 Å². The van der Waals surface area contributed by atoms with Crippen LogP contribution in [0.3, 0.4) is 0 Å². The third-order valence-corrected chi connectivity index (χ3v) is 4.80. The van der Waals surface area contributed by atoms with Crippen LogP contribution in [0.15, 0.2) is 17.4 Å². The number of aryl methyl sites for hydroxylation is 1. The largest absolute Gasteiger partial charge is 0.356 e. The van der Waals surface area contributed by atoms with E-state index in [1.54, 1.807) is 0 Å². The Labute approximate surface area is 141 Å². The number of rotatable bonds is 7. The van der Waals surface area contributed by atoms with Crippen molar-refractivity contribution in [2.75, 3.05) is 13.6 Å². The molecule has 23 heavy (non-hydrogen) atoms. The molecule has 1 unspecified atom stereocenters. The molecule has 1 heterocycles. The first-order valence-corrected chi connectivity index (χ1v) is 9.12. The first kappa shape index (κ1) is 17.8. The Hall–Kier alpha value is -1.52. The van der Waals surface area contributed by atoms with Gasteiger partial charge in [-0.1, -0.05) is 32.1 Å². The summed E-state index contributed by atoms with van der Waals surface area (Å²) in [5, 5.41) is 11.1. The monoisotopic (exact) mass is 319 g/mol. The zero-order valence-corrected chi connectivity index (χ0v) is 15.0. The summed E-state index contributed by atoms with van der Waals surface area (Å²) in [4.78, 5) is 4.33. The van der Waals surface area contributed by atoms with Crippen molar-refractivity contribution in [3.05, 3.63) is 18.0 Å². The van der Waals surface area contributed by atoms with Gasteiger partial charge in [0.05, 0.1) is 6.20 Å². The van der Waals surface area contributed by atoms with Gasteiger partial charge in [-0.15, -0.1) is 0 Å². The fourth-order valence-corrected chi connectivity index (χ4v) is 3.39. The van der Waals surface area contributed by atoms with Crippen molar-refractivity contribution in [1.29, 1.82) is 0 Å². The minimum absolute atomic E-state index is 0.474. The molecule has 2 rings (SSSR count). The van der Waals surface area contributed by atoms with Crippen LogP contribution >= 0.6 is 0 Å². The van der Waals surface area contributed by atoms with Crippen molar-refractivity contribution in [1.82, 2.24) is 20.4 Å². The molecule has 5 heteroatoms. The Morgan fingerprint density at radius 3 is 2.83 bits per heavy atom. The van der Waals surface area contributed by atoms with Gasteiger partial charge in [0.15, 0.2) is 5.96 Å². The molecule has 2 N–H and O–H groups in total. The topological polar surface area (TPSA) is 54.2 Å². The average Bonchev–Trinajstić information content (AvgIpc) is 2.98. The van der Waals surface area contributed by atoms with E-state index >= 15 is 0 Å². The van der Waals surface area contributed by atoms with Crippen LogP contribution in [-0.4, -0.2) is 35.4 Å². The van der Waals surface area contributed by atoms with Crippen LogP contribution in [0.5, 0.6) is 0 Å². The zero-order chi connectivity index (χ0) is 16.5. The van der Waals surface area contributed by atoms with Crippen molar-refractivity contribution < 1.29 is 0 Å². The highest BCUT2D eigenvalue weighted by molar-refractivity contribution is 5.79. The lowest BCUT2D eigenvalue weighted by atomic mass is 9.85. The SMILES string of the molecule is CN=C(NCCc1cnn(C)c1)NC(C)CCC1CCCCC1. The fourth-order valence-electron chi connectivity index (χ4n) is 3.39. The molecule has 0 saturated heterocycles. The molecule has 0 aliphatic heterocycles. The molecule has 0 bridgehead atoms. The second kappa shape index (κ2) is 9.58. The highest BCUT2D eigenvalue weighted by atomic mass is 15.2. The van der Waals surface area contributed by atoms with Crippen molar-refractivity contribution in [2.45, 2.75) is 64.3 Å². The molecule has 0 amide bonds. The molecule has 5 nitrogen and oxygen atoms in total. The second-order valence-electron chi connectivity index (χ2n) is 6.90. The van der Waals surface area contributed by atoms with Gasteiger partial charge < -0.3 is 10.6 Å². The van der Waals surface area contributed by atoms with E-state index in [0.717, 1.165) is 24.8 Å². The summed E-state index contributed by atoms with van der Waals surface area (Å²) >= 11 is 0. The molecular formula is C18H33N5. The van der Waals surface area contributed by atoms with Gasteiger partial charge in [-0.3, -0.25) is 9.67 Å². The molecule has 1 atom stereocenters. The van der Waals surface area contributed by atoms with Gasteiger partial charge >= 0.3 is 0 Å². The highest BCUT2D eigenvalue weighted by Crippen LogP contribution is 2.27. The minimum Gasteiger partial charge on any atom is -0.356 e. The van der Waals surface area contributed by atoms with Crippen LogP contribution in [0.4, 0.5) is 0 Å². The summed E-state index contributed by atoms with van der Waals surface area (Å²) < 4.78 is 1.84. The summed E-state index contributed by atoms with van der Waals surface area (Å²) in [7, 11) is 3.79. The van der Waals surface area contributed by atoms with Crippen LogP contribution in [-0.2, 0) is 13.5 Å². The Morgan fingerprint density at radius 1 is 1.39 bits per heavy atom. The van der Waals surface area contributed by atoms with Gasteiger partial charge in [0.2, 0.25) is 0 Å². The summed E-state index contributed by atoms with van der Waals surface area (Å²) in [5.74, 6) is 1.86. The quantitative estimate of drug-likeness (QED) is 0.600. The van der Waals surface area contributed by atoms with E-state index in [1.165, 1.54) is 50.5 Å². The lowest BCUT2D eigenvalue weighted by Crippen LogP contribution is -2.43. The van der Waals surface area contributed by atoms with Crippen LogP contribution < -0.4 is 10.6 Å². The van der Waals surface area contributed by atoms with Gasteiger partial charge in [0.1, 0.15) is 0 Å². The molecule has 130 valence electrons. The maximum Gasteiger partial charge on any atom is 0.191 e. The zero-order valence-electron chi connectivity index (χ0n) is 15.0. The van der Waals surface area contributed by atoms with Gasteiger partial charge in [-0.25, -0.2) is 0 Å². The number of guanidine groups is 1. The Balaban J connectivity index is 1.62. The van der Waals surface area contributed by atoms with Gasteiger partial charge in [-0.05, 0) is 37.7 Å². The van der Waals surface area contributed by atoms with E-state index < -0.39 is 0 Å². The standard InChI is InChI=1S/C18H33N5/c1-15(9-10-16-7-5-4-6-8-16)22-18(19-2)20-12-11-17-13-21-23(3)14-17/h13-16H,4-12H2,1-3H3,(H2,19,20,22). The minimum atomic E-state index is 0.474. The molecule has 0 radical (unpaired) electrons. The summed E-state index contributed by atoms with van der Waals surface area (Å²) in [6, 6.07) is 0.474. The molecule has 1 aliphatic rings. The first-order valence-electron chi connectivity index (χ1n) is 9.12. The van der Waals surface area contributed by atoms with Gasteiger partial charge in [0.25, 0.3) is 0 Å². The predicted octanol–water partition coefficient (Wildman–Crippen LogP) is 2.88. The second-order valence-corrected chi connectivity index (χ2v) is 6.90. The van der Waals surface area contributed by atoms with E-state index in [9.17, 15) is 0 Å². The summed E-state index contributed by atoms with van der Waals surface area (Å²) in [6.45, 7) is 3.14. The van der Waals surface area contributed by atoms with Crippen LogP contribution in [0.25, 0.3) is 0 Å². The average molecular weight is 319 g/mol. The van der Waals surface area contributed by atoms with Crippen LogP contribution in [0, 0.1) is 5.92 Å². The van der Waals surface area contributed by atoms with E-state index in [-0.39, 0.29) is 0 Å². The maximum atomic E-state index is 4.33. The molecule has 1 saturated carbocycles. The Kier molecular flexibility index (Phi) is 7.43.